The van der Waals surface area contributed by atoms with Crippen LogP contribution in [0.1, 0.15) is 5.69 Å². The molecule has 90 valence electrons. The van der Waals surface area contributed by atoms with Gasteiger partial charge in [0.1, 0.15) is 0 Å². The van der Waals surface area contributed by atoms with E-state index in [0.29, 0.717) is 5.88 Å². The van der Waals surface area contributed by atoms with E-state index < -0.39 is 0 Å². The highest BCUT2D eigenvalue weighted by atomic mass is 16.5. The van der Waals surface area contributed by atoms with E-state index in [1.165, 1.54) is 0 Å². The van der Waals surface area contributed by atoms with Crippen molar-refractivity contribution >= 4 is 5.65 Å². The molecular weight excluding hydrogens is 226 g/mol. The molecule has 0 aliphatic carbocycles. The van der Waals surface area contributed by atoms with Crippen LogP contribution in [0.25, 0.3) is 16.9 Å². The smallest absolute Gasteiger partial charge is 0.217 e. The van der Waals surface area contributed by atoms with Crippen LogP contribution in [0.3, 0.4) is 0 Å². The van der Waals surface area contributed by atoms with Gasteiger partial charge in [-0.25, -0.2) is 4.98 Å². The number of aryl methyl sites for hydroxylation is 1. The van der Waals surface area contributed by atoms with Crippen molar-refractivity contribution in [3.8, 4) is 17.1 Å². The van der Waals surface area contributed by atoms with Crippen molar-refractivity contribution in [3.63, 3.8) is 0 Å². The predicted molar refractivity (Wildman–Crippen MR) is 69.7 cm³/mol. The van der Waals surface area contributed by atoms with Gasteiger partial charge in [0, 0.05) is 23.4 Å². The van der Waals surface area contributed by atoms with Crippen LogP contribution in [0.2, 0.25) is 0 Å². The molecule has 0 fully saturated rings. The Bertz CT molecular complexity index is 689. The summed E-state index contributed by atoms with van der Waals surface area (Å²) in [5.74, 6) is 0.694. The summed E-state index contributed by atoms with van der Waals surface area (Å²) in [7, 11) is 1.64. The lowest BCUT2D eigenvalue weighted by Crippen LogP contribution is -1.98. The molecule has 3 rings (SSSR count). The van der Waals surface area contributed by atoms with Crippen molar-refractivity contribution < 1.29 is 4.74 Å². The van der Waals surface area contributed by atoms with Crippen molar-refractivity contribution in [1.82, 2.24) is 14.6 Å². The molecule has 4 heteroatoms. The Hall–Kier alpha value is -2.36. The second-order valence-corrected chi connectivity index (χ2v) is 4.11. The van der Waals surface area contributed by atoms with E-state index in [9.17, 15) is 0 Å². The minimum absolute atomic E-state index is 0.694. The molecule has 1 aromatic carbocycles. The van der Waals surface area contributed by atoms with Crippen molar-refractivity contribution in [2.24, 2.45) is 0 Å². The lowest BCUT2D eigenvalue weighted by molar-refractivity contribution is 0.384. The normalized spacial score (nSPS) is 10.8. The number of ether oxygens (including phenoxy) is 1. The Kier molecular flexibility index (Phi) is 2.48. The molecule has 18 heavy (non-hydrogen) atoms. The lowest BCUT2D eigenvalue weighted by atomic mass is 10.2. The SMILES string of the molecule is COc1cc(C)nc2cc(-c3ccccc3)nn12. The predicted octanol–water partition coefficient (Wildman–Crippen LogP) is 2.71. The molecule has 0 unspecified atom stereocenters. The van der Waals surface area contributed by atoms with E-state index in [-0.39, 0.29) is 0 Å². The minimum Gasteiger partial charge on any atom is -0.481 e. The Morgan fingerprint density at radius 3 is 2.61 bits per heavy atom. The van der Waals surface area contributed by atoms with Gasteiger partial charge in [-0.1, -0.05) is 30.3 Å². The number of methoxy groups -OCH3 is 1. The van der Waals surface area contributed by atoms with Gasteiger partial charge >= 0.3 is 0 Å². The zero-order valence-corrected chi connectivity index (χ0v) is 10.3. The average molecular weight is 239 g/mol. The number of aromatic nitrogens is 3. The third-order valence-corrected chi connectivity index (χ3v) is 2.80. The topological polar surface area (TPSA) is 39.4 Å². The monoisotopic (exact) mass is 239 g/mol. The van der Waals surface area contributed by atoms with Gasteiger partial charge in [-0.3, -0.25) is 0 Å². The number of benzene rings is 1. The van der Waals surface area contributed by atoms with Crippen LogP contribution in [0.15, 0.2) is 42.5 Å². The Labute approximate surface area is 105 Å². The van der Waals surface area contributed by atoms with Gasteiger partial charge in [-0.05, 0) is 6.92 Å². The maximum atomic E-state index is 5.32. The quantitative estimate of drug-likeness (QED) is 0.690. The van der Waals surface area contributed by atoms with E-state index in [1.807, 2.05) is 49.4 Å². The Morgan fingerprint density at radius 2 is 1.89 bits per heavy atom. The third kappa shape index (κ3) is 1.72. The highest BCUT2D eigenvalue weighted by Gasteiger charge is 2.09. The Morgan fingerprint density at radius 1 is 1.11 bits per heavy atom. The maximum Gasteiger partial charge on any atom is 0.217 e. The summed E-state index contributed by atoms with van der Waals surface area (Å²) in [5.41, 5.74) is 3.68. The first-order valence-corrected chi connectivity index (χ1v) is 5.75. The van der Waals surface area contributed by atoms with Crippen molar-refractivity contribution in [2.75, 3.05) is 7.11 Å². The molecule has 0 aliphatic heterocycles. The molecule has 0 bridgehead atoms. The van der Waals surface area contributed by atoms with Gasteiger partial charge in [-0.2, -0.15) is 9.61 Å². The fourth-order valence-electron chi connectivity index (χ4n) is 1.96. The maximum absolute atomic E-state index is 5.32. The molecule has 0 aliphatic rings. The van der Waals surface area contributed by atoms with Gasteiger partial charge in [0.15, 0.2) is 5.65 Å². The summed E-state index contributed by atoms with van der Waals surface area (Å²) in [6.07, 6.45) is 0. The van der Waals surface area contributed by atoms with E-state index >= 15 is 0 Å². The molecule has 0 saturated carbocycles. The number of hydrogen-bond acceptors (Lipinski definition) is 3. The van der Waals surface area contributed by atoms with Gasteiger partial charge in [0.05, 0.1) is 12.8 Å². The van der Waals surface area contributed by atoms with Crippen LogP contribution in [0.4, 0.5) is 0 Å². The fraction of sp³-hybridized carbons (Fsp3) is 0.143. The molecule has 0 spiro atoms. The molecule has 2 aromatic heterocycles. The van der Waals surface area contributed by atoms with Crippen molar-refractivity contribution in [3.05, 3.63) is 48.2 Å². The van der Waals surface area contributed by atoms with Gasteiger partial charge in [-0.15, -0.1) is 0 Å². The highest BCUT2D eigenvalue weighted by molar-refractivity contribution is 5.64. The second kappa shape index (κ2) is 4.14. The van der Waals surface area contributed by atoms with Crippen molar-refractivity contribution in [2.45, 2.75) is 6.92 Å². The third-order valence-electron chi connectivity index (χ3n) is 2.80. The summed E-state index contributed by atoms with van der Waals surface area (Å²) in [4.78, 5) is 4.45. The number of rotatable bonds is 2. The summed E-state index contributed by atoms with van der Waals surface area (Å²) < 4.78 is 7.04. The molecule has 0 N–H and O–H groups in total. The summed E-state index contributed by atoms with van der Waals surface area (Å²) in [5, 5.41) is 4.52. The molecule has 4 nitrogen and oxygen atoms in total. The van der Waals surface area contributed by atoms with Crippen LogP contribution in [0.5, 0.6) is 5.88 Å². The summed E-state index contributed by atoms with van der Waals surface area (Å²) in [6, 6.07) is 13.9. The first kappa shape index (κ1) is 10.8. The lowest BCUT2D eigenvalue weighted by Gasteiger charge is -2.03. The van der Waals surface area contributed by atoms with Gasteiger partial charge in [0.25, 0.3) is 0 Å². The van der Waals surface area contributed by atoms with Crippen LogP contribution >= 0.6 is 0 Å². The number of fused-ring (bicyclic) bond motifs is 1. The zero-order valence-electron chi connectivity index (χ0n) is 10.3. The molecule has 0 radical (unpaired) electrons. The molecule has 0 saturated heterocycles. The standard InChI is InChI=1S/C14H13N3O/c1-10-8-14(18-2)17-13(15-10)9-12(16-17)11-6-4-3-5-7-11/h3-9H,1-2H3. The molecule has 3 aromatic rings. The fourth-order valence-corrected chi connectivity index (χ4v) is 1.96. The van der Waals surface area contributed by atoms with E-state index in [0.717, 1.165) is 22.6 Å². The largest absolute Gasteiger partial charge is 0.481 e. The second-order valence-electron chi connectivity index (χ2n) is 4.11. The molecule has 0 amide bonds. The highest BCUT2D eigenvalue weighted by Crippen LogP contribution is 2.22. The first-order valence-electron chi connectivity index (χ1n) is 5.75. The minimum atomic E-state index is 0.694. The molecular formula is C14H13N3O. The molecule has 0 atom stereocenters. The van der Waals surface area contributed by atoms with Crippen LogP contribution < -0.4 is 4.74 Å². The van der Waals surface area contributed by atoms with Gasteiger partial charge in [0.2, 0.25) is 5.88 Å². The number of nitrogens with zero attached hydrogens (tertiary/aromatic N) is 3. The van der Waals surface area contributed by atoms with E-state index in [2.05, 4.69) is 10.1 Å². The van der Waals surface area contributed by atoms with Crippen molar-refractivity contribution in [1.29, 1.82) is 0 Å². The van der Waals surface area contributed by atoms with E-state index in [4.69, 9.17) is 4.74 Å². The Balaban J connectivity index is 2.23. The zero-order chi connectivity index (χ0) is 12.5. The van der Waals surface area contributed by atoms with E-state index in [1.54, 1.807) is 11.6 Å². The van der Waals surface area contributed by atoms with Crippen LogP contribution in [-0.2, 0) is 0 Å². The van der Waals surface area contributed by atoms with Gasteiger partial charge < -0.3 is 4.74 Å². The average Bonchev–Trinajstić information content (AvgIpc) is 2.82. The summed E-state index contributed by atoms with van der Waals surface area (Å²) in [6.45, 7) is 1.94. The van der Waals surface area contributed by atoms with Crippen LogP contribution in [0, 0.1) is 6.92 Å². The first-order chi connectivity index (χ1) is 8.78. The molecule has 2 heterocycles. The number of hydrogen-bond donors (Lipinski definition) is 0. The van der Waals surface area contributed by atoms with Crippen LogP contribution in [-0.4, -0.2) is 21.7 Å². The summed E-state index contributed by atoms with van der Waals surface area (Å²) >= 11 is 0.